The van der Waals surface area contributed by atoms with Crippen LogP contribution in [0.4, 0.5) is 5.69 Å². The van der Waals surface area contributed by atoms with Gasteiger partial charge in [-0.1, -0.05) is 11.6 Å². The maximum absolute atomic E-state index is 5.97. The van der Waals surface area contributed by atoms with Crippen LogP contribution in [0.3, 0.4) is 0 Å². The summed E-state index contributed by atoms with van der Waals surface area (Å²) in [6.45, 7) is 3.90. The molecule has 0 fully saturated rings. The number of rotatable bonds is 2. The minimum absolute atomic E-state index is 0.515. The van der Waals surface area contributed by atoms with Crippen LogP contribution in [0.1, 0.15) is 11.1 Å². The van der Waals surface area contributed by atoms with Crippen LogP contribution in [0, 0.1) is 13.8 Å². The highest BCUT2D eigenvalue weighted by Gasteiger charge is 2.08. The first-order valence-electron chi connectivity index (χ1n) is 5.22. The second kappa shape index (κ2) is 4.63. The summed E-state index contributed by atoms with van der Waals surface area (Å²) in [4.78, 5) is 3.92. The van der Waals surface area contributed by atoms with Crippen LogP contribution in [0.5, 0.6) is 11.5 Å². The van der Waals surface area contributed by atoms with Gasteiger partial charge in [0.05, 0.1) is 11.9 Å². The van der Waals surface area contributed by atoms with Gasteiger partial charge in [-0.15, -0.1) is 0 Å². The molecular weight excluding hydrogens is 236 g/mol. The van der Waals surface area contributed by atoms with Crippen molar-refractivity contribution in [1.82, 2.24) is 4.98 Å². The maximum atomic E-state index is 5.97. The van der Waals surface area contributed by atoms with E-state index in [4.69, 9.17) is 22.1 Å². The van der Waals surface area contributed by atoms with Crippen molar-refractivity contribution in [1.29, 1.82) is 0 Å². The molecule has 0 atom stereocenters. The second-order valence-electron chi connectivity index (χ2n) is 3.88. The zero-order valence-corrected chi connectivity index (χ0v) is 10.5. The molecule has 1 heterocycles. The Bertz CT molecular complexity index is 532. The molecule has 0 bridgehead atoms. The standard InChI is InChI=1S/C13H13ClN2O/c1-8-5-10(14)6-9(2)13(8)17-12-3-4-16-7-11(12)15/h3-7H,15H2,1-2H3. The van der Waals surface area contributed by atoms with Crippen molar-refractivity contribution in [3.8, 4) is 11.5 Å². The molecule has 2 rings (SSSR count). The van der Waals surface area contributed by atoms with E-state index in [-0.39, 0.29) is 0 Å². The van der Waals surface area contributed by atoms with Crippen molar-refractivity contribution in [2.45, 2.75) is 13.8 Å². The fourth-order valence-electron chi connectivity index (χ4n) is 1.66. The summed E-state index contributed by atoms with van der Waals surface area (Å²) in [7, 11) is 0. The van der Waals surface area contributed by atoms with E-state index in [0.717, 1.165) is 16.9 Å². The van der Waals surface area contributed by atoms with E-state index in [1.54, 1.807) is 18.5 Å². The summed E-state index contributed by atoms with van der Waals surface area (Å²) in [6.07, 6.45) is 3.21. The van der Waals surface area contributed by atoms with E-state index >= 15 is 0 Å². The van der Waals surface area contributed by atoms with Gasteiger partial charge in [-0.05, 0) is 37.1 Å². The monoisotopic (exact) mass is 248 g/mol. The molecule has 1 aromatic carbocycles. The highest BCUT2D eigenvalue weighted by molar-refractivity contribution is 6.30. The fraction of sp³-hybridized carbons (Fsp3) is 0.154. The smallest absolute Gasteiger partial charge is 0.153 e. The van der Waals surface area contributed by atoms with E-state index in [9.17, 15) is 0 Å². The lowest BCUT2D eigenvalue weighted by Crippen LogP contribution is -1.95. The molecule has 0 radical (unpaired) electrons. The van der Waals surface area contributed by atoms with Crippen LogP contribution in [-0.2, 0) is 0 Å². The molecule has 0 unspecified atom stereocenters. The highest BCUT2D eigenvalue weighted by Crippen LogP contribution is 2.33. The number of nitrogens with two attached hydrogens (primary N) is 1. The SMILES string of the molecule is Cc1cc(Cl)cc(C)c1Oc1ccncc1N. The molecule has 0 saturated carbocycles. The van der Waals surface area contributed by atoms with E-state index in [1.807, 2.05) is 26.0 Å². The van der Waals surface area contributed by atoms with E-state index in [2.05, 4.69) is 4.98 Å². The van der Waals surface area contributed by atoms with Gasteiger partial charge in [-0.2, -0.15) is 0 Å². The normalized spacial score (nSPS) is 10.3. The van der Waals surface area contributed by atoms with Crippen molar-refractivity contribution in [3.63, 3.8) is 0 Å². The Morgan fingerprint density at radius 2 is 1.88 bits per heavy atom. The average molecular weight is 249 g/mol. The molecule has 2 aromatic rings. The van der Waals surface area contributed by atoms with Crippen molar-refractivity contribution in [2.24, 2.45) is 0 Å². The number of aromatic nitrogens is 1. The van der Waals surface area contributed by atoms with Crippen molar-refractivity contribution in [2.75, 3.05) is 5.73 Å². The summed E-state index contributed by atoms with van der Waals surface area (Å²) >= 11 is 5.97. The van der Waals surface area contributed by atoms with Gasteiger partial charge < -0.3 is 10.5 Å². The lowest BCUT2D eigenvalue weighted by Gasteiger charge is -2.13. The Kier molecular flexibility index (Phi) is 3.20. The lowest BCUT2D eigenvalue weighted by molar-refractivity contribution is 0.477. The van der Waals surface area contributed by atoms with Gasteiger partial charge in [0.15, 0.2) is 5.75 Å². The van der Waals surface area contributed by atoms with Gasteiger partial charge >= 0.3 is 0 Å². The number of pyridine rings is 1. The molecule has 0 aliphatic heterocycles. The van der Waals surface area contributed by atoms with Crippen LogP contribution in [0.2, 0.25) is 5.02 Å². The van der Waals surface area contributed by atoms with Crippen molar-refractivity contribution in [3.05, 3.63) is 46.7 Å². The maximum Gasteiger partial charge on any atom is 0.153 e. The summed E-state index contributed by atoms with van der Waals surface area (Å²) in [6, 6.07) is 5.46. The first-order valence-corrected chi connectivity index (χ1v) is 5.60. The van der Waals surface area contributed by atoms with Gasteiger partial charge in [-0.25, -0.2) is 0 Å². The molecule has 3 nitrogen and oxygen atoms in total. The van der Waals surface area contributed by atoms with Gasteiger partial charge in [-0.3, -0.25) is 4.98 Å². The quantitative estimate of drug-likeness (QED) is 0.881. The minimum Gasteiger partial charge on any atom is -0.455 e. The molecule has 0 aliphatic rings. The van der Waals surface area contributed by atoms with Crippen molar-refractivity contribution >= 4 is 17.3 Å². The highest BCUT2D eigenvalue weighted by atomic mass is 35.5. The van der Waals surface area contributed by atoms with Gasteiger partial charge in [0.2, 0.25) is 0 Å². The van der Waals surface area contributed by atoms with Gasteiger partial charge in [0.1, 0.15) is 5.75 Å². The summed E-state index contributed by atoms with van der Waals surface area (Å²) in [5, 5.41) is 0.704. The number of nitrogen functional groups attached to an aromatic ring is 1. The molecule has 0 amide bonds. The predicted octanol–water partition coefficient (Wildman–Crippen LogP) is 3.73. The Labute approximate surface area is 105 Å². The zero-order chi connectivity index (χ0) is 12.4. The Hall–Kier alpha value is -1.74. The zero-order valence-electron chi connectivity index (χ0n) is 9.70. The molecule has 88 valence electrons. The molecule has 17 heavy (non-hydrogen) atoms. The number of halogens is 1. The Morgan fingerprint density at radius 1 is 1.24 bits per heavy atom. The average Bonchev–Trinajstić information content (AvgIpc) is 2.25. The number of aryl methyl sites for hydroxylation is 2. The van der Waals surface area contributed by atoms with Gasteiger partial charge in [0, 0.05) is 17.3 Å². The molecule has 0 spiro atoms. The number of ether oxygens (including phenoxy) is 1. The summed E-state index contributed by atoms with van der Waals surface area (Å²) in [5.74, 6) is 1.39. The van der Waals surface area contributed by atoms with Crippen LogP contribution < -0.4 is 10.5 Å². The third kappa shape index (κ3) is 2.50. The Balaban J connectivity index is 2.40. The van der Waals surface area contributed by atoms with E-state index < -0.39 is 0 Å². The summed E-state index contributed by atoms with van der Waals surface area (Å²) < 4.78 is 5.80. The third-order valence-electron chi connectivity index (χ3n) is 2.45. The van der Waals surface area contributed by atoms with Crippen LogP contribution in [0.25, 0.3) is 0 Å². The number of anilines is 1. The minimum atomic E-state index is 0.515. The first-order chi connectivity index (χ1) is 8.08. The topological polar surface area (TPSA) is 48.1 Å². The molecule has 4 heteroatoms. The molecule has 1 aromatic heterocycles. The second-order valence-corrected chi connectivity index (χ2v) is 4.32. The molecule has 0 aliphatic carbocycles. The van der Waals surface area contributed by atoms with E-state index in [1.165, 1.54) is 0 Å². The fourth-order valence-corrected chi connectivity index (χ4v) is 1.98. The number of hydrogen-bond donors (Lipinski definition) is 1. The van der Waals surface area contributed by atoms with Gasteiger partial charge in [0.25, 0.3) is 0 Å². The number of nitrogens with zero attached hydrogens (tertiary/aromatic N) is 1. The lowest BCUT2D eigenvalue weighted by atomic mass is 10.1. The number of hydrogen-bond acceptors (Lipinski definition) is 3. The largest absolute Gasteiger partial charge is 0.455 e. The van der Waals surface area contributed by atoms with E-state index in [0.29, 0.717) is 16.5 Å². The predicted molar refractivity (Wildman–Crippen MR) is 69.6 cm³/mol. The first kappa shape index (κ1) is 11.7. The Morgan fingerprint density at radius 3 is 2.47 bits per heavy atom. The van der Waals surface area contributed by atoms with Crippen LogP contribution >= 0.6 is 11.6 Å². The van der Waals surface area contributed by atoms with Crippen LogP contribution in [0.15, 0.2) is 30.6 Å². The molecule has 0 saturated heterocycles. The van der Waals surface area contributed by atoms with Crippen LogP contribution in [-0.4, -0.2) is 4.98 Å². The molecular formula is C13H13ClN2O. The third-order valence-corrected chi connectivity index (χ3v) is 2.67. The number of benzene rings is 1. The summed E-state index contributed by atoms with van der Waals surface area (Å²) in [5.41, 5.74) is 8.26. The molecule has 2 N–H and O–H groups in total. The van der Waals surface area contributed by atoms with Crippen molar-refractivity contribution < 1.29 is 4.74 Å².